The van der Waals surface area contributed by atoms with Gasteiger partial charge in [0, 0.05) is 60.8 Å². The van der Waals surface area contributed by atoms with Crippen LogP contribution in [0.5, 0.6) is 0 Å². The van der Waals surface area contributed by atoms with E-state index in [1.54, 1.807) is 24.0 Å². The number of nitrogens with zero attached hydrogens (tertiary/aromatic N) is 5. The molecule has 0 radical (unpaired) electrons. The summed E-state index contributed by atoms with van der Waals surface area (Å²) in [5.41, 5.74) is 2.03. The number of anilines is 1. The number of aromatic nitrogens is 2. The molecule has 2 aromatic carbocycles. The van der Waals surface area contributed by atoms with Crippen molar-refractivity contribution in [1.29, 1.82) is 0 Å². The molecule has 1 aliphatic heterocycles. The van der Waals surface area contributed by atoms with E-state index in [0.29, 0.717) is 37.2 Å². The Balaban J connectivity index is 1.43. The Bertz CT molecular complexity index is 1100. The molecule has 0 bridgehead atoms. The molecule has 31 heavy (non-hydrogen) atoms. The Morgan fingerprint density at radius 3 is 2.71 bits per heavy atom. The molecular weight excluding hydrogens is 414 g/mol. The zero-order valence-corrected chi connectivity index (χ0v) is 18.2. The average Bonchev–Trinajstić information content (AvgIpc) is 3.22. The Kier molecular flexibility index (Phi) is 5.94. The Morgan fingerprint density at radius 1 is 1.23 bits per heavy atom. The van der Waals surface area contributed by atoms with Crippen LogP contribution in [0.2, 0.25) is 0 Å². The molecule has 4 rings (SSSR count). The van der Waals surface area contributed by atoms with Gasteiger partial charge in [-0.1, -0.05) is 36.4 Å². The second-order valence-corrected chi connectivity index (χ2v) is 8.44. The summed E-state index contributed by atoms with van der Waals surface area (Å²) in [6, 6.07) is 14.7. The number of nitro groups is 1. The molecule has 0 spiro atoms. The number of nitro benzene ring substituents is 1. The maximum absolute atomic E-state index is 13.0. The van der Waals surface area contributed by atoms with E-state index in [1.807, 2.05) is 25.1 Å². The molecule has 1 atom stereocenters. The number of hydrogen-bond acceptors (Lipinski definition) is 7. The second kappa shape index (κ2) is 8.81. The quantitative estimate of drug-likeness (QED) is 0.446. The zero-order valence-electron chi connectivity index (χ0n) is 17.4. The van der Waals surface area contributed by atoms with Crippen LogP contribution in [0.3, 0.4) is 0 Å². The van der Waals surface area contributed by atoms with E-state index in [2.05, 4.69) is 26.4 Å². The van der Waals surface area contributed by atoms with Crippen LogP contribution >= 0.6 is 11.5 Å². The molecule has 1 amide bonds. The first-order valence-electron chi connectivity index (χ1n) is 10.1. The molecule has 160 valence electrons. The molecule has 0 N–H and O–H groups in total. The fourth-order valence-corrected chi connectivity index (χ4v) is 4.48. The third kappa shape index (κ3) is 4.56. The van der Waals surface area contributed by atoms with Crippen molar-refractivity contribution < 1.29 is 9.72 Å². The lowest BCUT2D eigenvalue weighted by molar-refractivity contribution is -0.385. The Morgan fingerprint density at radius 2 is 2.00 bits per heavy atom. The van der Waals surface area contributed by atoms with E-state index in [0.717, 1.165) is 11.0 Å². The van der Waals surface area contributed by atoms with Crippen molar-refractivity contribution in [2.75, 3.05) is 24.5 Å². The van der Waals surface area contributed by atoms with E-state index >= 15 is 0 Å². The summed E-state index contributed by atoms with van der Waals surface area (Å²) in [7, 11) is 0. The van der Waals surface area contributed by atoms with Gasteiger partial charge in [-0.15, -0.1) is 0 Å². The minimum Gasteiger partial charge on any atom is -0.343 e. The van der Waals surface area contributed by atoms with Gasteiger partial charge >= 0.3 is 0 Å². The number of carbonyl (C=O) groups is 1. The van der Waals surface area contributed by atoms with Gasteiger partial charge in [0.25, 0.3) is 11.6 Å². The van der Waals surface area contributed by atoms with Crippen LogP contribution in [0.25, 0.3) is 0 Å². The molecule has 1 unspecified atom stereocenters. The number of hydrogen-bond donors (Lipinski definition) is 0. The summed E-state index contributed by atoms with van der Waals surface area (Å²) in [5, 5.41) is 12.1. The van der Waals surface area contributed by atoms with Gasteiger partial charge < -0.3 is 9.80 Å². The molecule has 0 saturated carbocycles. The summed E-state index contributed by atoms with van der Waals surface area (Å²) in [6.45, 7) is 5.46. The SMILES string of the molecule is Cc1ccc(C(=O)N2CCN(c3nc(Cc4ccccc4)ns3)CC2C)cc1[N+](=O)[O-]. The van der Waals surface area contributed by atoms with Crippen LogP contribution in [0.1, 0.15) is 34.2 Å². The maximum Gasteiger partial charge on any atom is 0.273 e. The van der Waals surface area contributed by atoms with Crippen molar-refractivity contribution in [2.24, 2.45) is 0 Å². The van der Waals surface area contributed by atoms with Crippen LogP contribution in [-0.2, 0) is 6.42 Å². The largest absolute Gasteiger partial charge is 0.343 e. The van der Waals surface area contributed by atoms with Gasteiger partial charge in [0.1, 0.15) is 5.82 Å². The highest BCUT2D eigenvalue weighted by Gasteiger charge is 2.30. The van der Waals surface area contributed by atoms with E-state index in [-0.39, 0.29) is 17.6 Å². The predicted octanol–water partition coefficient (Wildman–Crippen LogP) is 3.70. The number of benzene rings is 2. The highest BCUT2D eigenvalue weighted by Crippen LogP contribution is 2.25. The zero-order chi connectivity index (χ0) is 22.0. The number of piperazine rings is 1. The molecule has 8 nitrogen and oxygen atoms in total. The molecule has 2 heterocycles. The number of carbonyl (C=O) groups excluding carboxylic acids is 1. The van der Waals surface area contributed by atoms with Crippen LogP contribution in [0, 0.1) is 17.0 Å². The van der Waals surface area contributed by atoms with Crippen molar-refractivity contribution in [2.45, 2.75) is 26.3 Å². The minimum absolute atomic E-state index is 0.0306. The Hall–Kier alpha value is -3.33. The van der Waals surface area contributed by atoms with Gasteiger partial charge in [0.05, 0.1) is 4.92 Å². The molecular formula is C22H23N5O3S. The third-order valence-electron chi connectivity index (χ3n) is 5.47. The molecule has 1 aliphatic rings. The lowest BCUT2D eigenvalue weighted by Gasteiger charge is -2.39. The van der Waals surface area contributed by atoms with Crippen molar-refractivity contribution in [3.63, 3.8) is 0 Å². The first kappa shape index (κ1) is 20.9. The molecule has 9 heteroatoms. The van der Waals surface area contributed by atoms with Crippen molar-refractivity contribution >= 4 is 28.3 Å². The third-order valence-corrected chi connectivity index (χ3v) is 6.29. The molecule has 1 saturated heterocycles. The van der Waals surface area contributed by atoms with Crippen LogP contribution in [-0.4, -0.2) is 50.8 Å². The first-order chi connectivity index (χ1) is 14.9. The highest BCUT2D eigenvalue weighted by atomic mass is 32.1. The van der Waals surface area contributed by atoms with Crippen LogP contribution in [0.15, 0.2) is 48.5 Å². The second-order valence-electron chi connectivity index (χ2n) is 7.71. The van der Waals surface area contributed by atoms with E-state index < -0.39 is 4.92 Å². The highest BCUT2D eigenvalue weighted by molar-refractivity contribution is 7.09. The summed E-state index contributed by atoms with van der Waals surface area (Å²) < 4.78 is 4.49. The lowest BCUT2D eigenvalue weighted by Crippen LogP contribution is -2.54. The Labute approximate surface area is 184 Å². The van der Waals surface area contributed by atoms with E-state index in [9.17, 15) is 14.9 Å². The summed E-state index contributed by atoms with van der Waals surface area (Å²) in [4.78, 5) is 32.4. The number of aryl methyl sites for hydroxylation is 1. The first-order valence-corrected chi connectivity index (χ1v) is 10.9. The fraction of sp³-hybridized carbons (Fsp3) is 0.318. The molecule has 1 fully saturated rings. The normalized spacial score (nSPS) is 16.4. The summed E-state index contributed by atoms with van der Waals surface area (Å²) in [6.07, 6.45) is 0.692. The standard InChI is InChI=1S/C22H23N5O3S/c1-15-8-9-18(13-19(15)27(29)30)21(28)26-11-10-25(14-16(26)2)22-23-20(24-31-22)12-17-6-4-3-5-7-17/h3-9,13,16H,10-12,14H2,1-2H3. The lowest BCUT2D eigenvalue weighted by atomic mass is 10.1. The van der Waals surface area contributed by atoms with Gasteiger partial charge in [0.2, 0.25) is 5.13 Å². The molecule has 3 aromatic rings. The van der Waals surface area contributed by atoms with Gasteiger partial charge in [-0.2, -0.15) is 4.37 Å². The van der Waals surface area contributed by atoms with Crippen LogP contribution in [0.4, 0.5) is 10.8 Å². The number of amides is 1. The van der Waals surface area contributed by atoms with Gasteiger partial charge in [-0.3, -0.25) is 14.9 Å². The van der Waals surface area contributed by atoms with E-state index in [4.69, 9.17) is 0 Å². The monoisotopic (exact) mass is 437 g/mol. The van der Waals surface area contributed by atoms with Crippen molar-refractivity contribution in [3.05, 3.63) is 81.2 Å². The fourth-order valence-electron chi connectivity index (χ4n) is 3.76. The minimum atomic E-state index is -0.448. The summed E-state index contributed by atoms with van der Waals surface area (Å²) >= 11 is 1.38. The topological polar surface area (TPSA) is 92.5 Å². The smallest absolute Gasteiger partial charge is 0.273 e. The van der Waals surface area contributed by atoms with Gasteiger partial charge in [-0.25, -0.2) is 4.98 Å². The van der Waals surface area contributed by atoms with Crippen molar-refractivity contribution in [3.8, 4) is 0 Å². The predicted molar refractivity (Wildman–Crippen MR) is 120 cm³/mol. The summed E-state index contributed by atoms with van der Waals surface area (Å²) in [5.74, 6) is 0.613. The molecule has 1 aromatic heterocycles. The van der Waals surface area contributed by atoms with Crippen molar-refractivity contribution in [1.82, 2.24) is 14.3 Å². The van der Waals surface area contributed by atoms with Gasteiger partial charge in [-0.05, 0) is 25.5 Å². The average molecular weight is 438 g/mol. The van der Waals surface area contributed by atoms with E-state index in [1.165, 1.54) is 23.2 Å². The maximum atomic E-state index is 13.0. The van der Waals surface area contributed by atoms with Gasteiger partial charge in [0.15, 0.2) is 0 Å². The number of rotatable bonds is 5. The molecule has 0 aliphatic carbocycles. The van der Waals surface area contributed by atoms with Crippen LogP contribution < -0.4 is 4.90 Å².